The Morgan fingerprint density at radius 1 is 1.13 bits per heavy atom. The SMILES string of the molecule is CC(C)N(C(=O)[C@H]1CC[C@H](C)CC1)C1C=C(c2ccc(NC(=O)c3cscn3)cc2)C=C(C(=O)[O-])C1=S.[Na+]. The molecule has 7 nitrogen and oxygen atoms in total. The molecule has 4 rings (SSSR count). The van der Waals surface area contributed by atoms with E-state index in [2.05, 4.69) is 17.2 Å². The third kappa shape index (κ3) is 6.87. The number of nitrogens with one attached hydrogen (secondary N) is 1. The van der Waals surface area contributed by atoms with Gasteiger partial charge in [-0.25, -0.2) is 4.98 Å². The molecule has 1 aromatic heterocycles. The molecule has 0 spiro atoms. The van der Waals surface area contributed by atoms with Crippen molar-refractivity contribution in [3.8, 4) is 0 Å². The van der Waals surface area contributed by atoms with E-state index in [1.54, 1.807) is 40.1 Å². The number of hydrogen-bond acceptors (Lipinski definition) is 7. The van der Waals surface area contributed by atoms with Crippen LogP contribution in [0.2, 0.25) is 0 Å². The first-order valence-electron chi connectivity index (χ1n) is 12.5. The Balaban J connectivity index is 0.00000400. The third-order valence-electron chi connectivity index (χ3n) is 7.01. The van der Waals surface area contributed by atoms with Crippen LogP contribution in [0.4, 0.5) is 5.69 Å². The largest absolute Gasteiger partial charge is 1.00 e. The minimum absolute atomic E-state index is 0. The van der Waals surface area contributed by atoms with Crippen molar-refractivity contribution in [2.45, 2.75) is 58.5 Å². The van der Waals surface area contributed by atoms with Gasteiger partial charge in [0, 0.05) is 28.6 Å². The number of hydrogen-bond donors (Lipinski definition) is 1. The van der Waals surface area contributed by atoms with Crippen molar-refractivity contribution in [3.05, 3.63) is 64.1 Å². The summed E-state index contributed by atoms with van der Waals surface area (Å²) in [6.07, 6.45) is 7.04. The van der Waals surface area contributed by atoms with E-state index in [-0.39, 0.29) is 63.8 Å². The van der Waals surface area contributed by atoms with Gasteiger partial charge >= 0.3 is 29.6 Å². The van der Waals surface area contributed by atoms with Gasteiger partial charge in [0.15, 0.2) is 0 Å². The summed E-state index contributed by atoms with van der Waals surface area (Å²) in [5.41, 5.74) is 3.79. The summed E-state index contributed by atoms with van der Waals surface area (Å²) in [4.78, 5) is 43.9. The quantitative estimate of drug-likeness (QED) is 0.405. The Morgan fingerprint density at radius 3 is 2.34 bits per heavy atom. The molecule has 10 heteroatoms. The van der Waals surface area contributed by atoms with Gasteiger partial charge in [-0.15, -0.1) is 11.3 Å². The molecule has 1 heterocycles. The van der Waals surface area contributed by atoms with Gasteiger partial charge in [-0.05, 0) is 80.9 Å². The fourth-order valence-corrected chi connectivity index (χ4v) is 5.78. The number of carboxylic acids is 1. The molecule has 194 valence electrons. The minimum atomic E-state index is -1.37. The predicted octanol–water partition coefficient (Wildman–Crippen LogP) is 1.27. The number of rotatable bonds is 7. The van der Waals surface area contributed by atoms with Gasteiger partial charge in [-0.2, -0.15) is 0 Å². The Hall–Kier alpha value is -2.17. The van der Waals surface area contributed by atoms with Crippen molar-refractivity contribution in [1.29, 1.82) is 0 Å². The molecule has 1 aromatic carbocycles. The zero-order valence-corrected chi connectivity index (χ0v) is 25.7. The molecule has 0 radical (unpaired) electrons. The van der Waals surface area contributed by atoms with Crippen LogP contribution in [0.1, 0.15) is 62.5 Å². The number of carbonyl (C=O) groups excluding carboxylic acids is 3. The molecule has 1 N–H and O–H groups in total. The van der Waals surface area contributed by atoms with Crippen molar-refractivity contribution in [2.75, 3.05) is 5.32 Å². The number of thiocarbonyl (C=S) groups is 1. The van der Waals surface area contributed by atoms with E-state index < -0.39 is 12.0 Å². The molecular formula is C28H30N3NaO4S2. The van der Waals surface area contributed by atoms with Crippen LogP contribution in [0.5, 0.6) is 0 Å². The maximum absolute atomic E-state index is 13.7. The number of carbonyl (C=O) groups is 3. The second-order valence-corrected chi connectivity index (χ2v) is 11.1. The fraction of sp³-hybridized carbons (Fsp3) is 0.393. The summed E-state index contributed by atoms with van der Waals surface area (Å²) in [6, 6.07) is 6.23. The zero-order chi connectivity index (χ0) is 26.7. The van der Waals surface area contributed by atoms with Crippen LogP contribution in [0.25, 0.3) is 5.57 Å². The summed E-state index contributed by atoms with van der Waals surface area (Å²) in [7, 11) is 0. The smallest absolute Gasteiger partial charge is 0.545 e. The Labute approximate surface area is 254 Å². The van der Waals surface area contributed by atoms with Gasteiger partial charge in [0.2, 0.25) is 5.91 Å². The number of carboxylic acid groups (broad SMARTS) is 1. The van der Waals surface area contributed by atoms with Crippen LogP contribution < -0.4 is 40.0 Å². The molecule has 2 aliphatic carbocycles. The van der Waals surface area contributed by atoms with E-state index in [9.17, 15) is 19.5 Å². The number of benzene rings is 1. The van der Waals surface area contributed by atoms with E-state index in [1.807, 2.05) is 19.9 Å². The average molecular weight is 560 g/mol. The van der Waals surface area contributed by atoms with Crippen LogP contribution in [-0.4, -0.2) is 44.6 Å². The fourth-order valence-electron chi connectivity index (χ4n) is 4.92. The molecule has 2 aromatic rings. The summed E-state index contributed by atoms with van der Waals surface area (Å²) < 4.78 is 0. The minimum Gasteiger partial charge on any atom is -0.545 e. The Morgan fingerprint density at radius 2 is 1.79 bits per heavy atom. The van der Waals surface area contributed by atoms with Gasteiger partial charge in [-0.3, -0.25) is 9.59 Å². The average Bonchev–Trinajstić information content (AvgIpc) is 3.41. The first kappa shape index (κ1) is 30.4. The maximum atomic E-state index is 13.7. The number of aliphatic carboxylic acids is 1. The number of amides is 2. The molecule has 2 aliphatic rings. The normalized spacial score (nSPS) is 21.2. The van der Waals surface area contributed by atoms with Gasteiger partial charge in [-0.1, -0.05) is 31.3 Å². The van der Waals surface area contributed by atoms with Gasteiger partial charge in [0.05, 0.1) is 22.4 Å². The summed E-state index contributed by atoms with van der Waals surface area (Å²) in [6.45, 7) is 6.06. The van der Waals surface area contributed by atoms with Crippen LogP contribution in [0, 0.1) is 11.8 Å². The number of nitrogens with zero attached hydrogens (tertiary/aromatic N) is 2. The predicted molar refractivity (Wildman–Crippen MR) is 147 cm³/mol. The molecule has 1 atom stereocenters. The maximum Gasteiger partial charge on any atom is 1.00 e. The number of aromatic nitrogens is 1. The Bertz CT molecular complexity index is 1250. The standard InChI is InChI=1S/C28H31N3O4S2.Na/c1-16(2)31(27(33)19-6-4-17(3)5-7-19)24-13-20(12-22(25(24)36)28(34)35)18-8-10-21(11-9-18)30-26(32)23-14-37-15-29-23;/h8-17,19,24H,4-7H2,1-3H3,(H,30,32)(H,34,35);/q;+1/p-1/t17-,19-,24?;. The van der Waals surface area contributed by atoms with Crippen molar-refractivity contribution >= 4 is 57.5 Å². The first-order chi connectivity index (χ1) is 17.7. The van der Waals surface area contributed by atoms with Crippen molar-refractivity contribution in [3.63, 3.8) is 0 Å². The van der Waals surface area contributed by atoms with Crippen molar-refractivity contribution in [1.82, 2.24) is 9.88 Å². The molecule has 0 bridgehead atoms. The molecule has 38 heavy (non-hydrogen) atoms. The number of allylic oxidation sites excluding steroid dienone is 2. The summed E-state index contributed by atoms with van der Waals surface area (Å²) in [5.74, 6) is -1.13. The number of thiazole rings is 1. The first-order valence-corrected chi connectivity index (χ1v) is 13.8. The molecule has 2 amide bonds. The van der Waals surface area contributed by atoms with Crippen LogP contribution in [-0.2, 0) is 9.59 Å². The molecule has 1 fully saturated rings. The molecule has 0 aliphatic heterocycles. The molecule has 1 saturated carbocycles. The van der Waals surface area contributed by atoms with E-state index in [0.29, 0.717) is 22.9 Å². The van der Waals surface area contributed by atoms with Crippen LogP contribution >= 0.6 is 23.6 Å². The number of anilines is 1. The summed E-state index contributed by atoms with van der Waals surface area (Å²) in [5, 5.41) is 16.5. The van der Waals surface area contributed by atoms with E-state index in [4.69, 9.17) is 12.2 Å². The Kier molecular flexibility index (Phi) is 10.6. The zero-order valence-electron chi connectivity index (χ0n) is 22.1. The van der Waals surface area contributed by atoms with E-state index in [0.717, 1.165) is 31.2 Å². The van der Waals surface area contributed by atoms with Crippen molar-refractivity contribution < 1.29 is 49.0 Å². The van der Waals surface area contributed by atoms with Gasteiger partial charge < -0.3 is 20.1 Å². The third-order valence-corrected chi connectivity index (χ3v) is 8.06. The molecule has 1 unspecified atom stereocenters. The van der Waals surface area contributed by atoms with Crippen LogP contribution in [0.15, 0.2) is 52.9 Å². The van der Waals surface area contributed by atoms with E-state index in [1.165, 1.54) is 17.4 Å². The second kappa shape index (κ2) is 13.3. The van der Waals surface area contributed by atoms with E-state index >= 15 is 0 Å². The second-order valence-electron chi connectivity index (χ2n) is 9.98. The molecular weight excluding hydrogens is 529 g/mol. The summed E-state index contributed by atoms with van der Waals surface area (Å²) >= 11 is 6.93. The topological polar surface area (TPSA) is 102 Å². The van der Waals surface area contributed by atoms with Gasteiger partial charge in [0.1, 0.15) is 5.69 Å². The van der Waals surface area contributed by atoms with Crippen LogP contribution in [0.3, 0.4) is 0 Å². The van der Waals surface area contributed by atoms with Gasteiger partial charge in [0.25, 0.3) is 5.91 Å². The monoisotopic (exact) mass is 559 g/mol. The van der Waals surface area contributed by atoms with Crippen molar-refractivity contribution in [2.24, 2.45) is 11.8 Å². The molecule has 0 saturated heterocycles.